The Balaban J connectivity index is 2.01. The van der Waals surface area contributed by atoms with E-state index in [1.54, 1.807) is 0 Å². The van der Waals surface area contributed by atoms with Crippen LogP contribution in [0.5, 0.6) is 0 Å². The highest BCUT2D eigenvalue weighted by Crippen LogP contribution is 2.31. The van der Waals surface area contributed by atoms with Gasteiger partial charge < -0.3 is 5.21 Å². The van der Waals surface area contributed by atoms with Gasteiger partial charge in [-0.05, 0) is 42.9 Å². The number of oxime groups is 1. The summed E-state index contributed by atoms with van der Waals surface area (Å²) in [5.41, 5.74) is 4.37. The third kappa shape index (κ3) is 2.90. The minimum Gasteiger partial charge on any atom is -0.411 e. The molecule has 114 valence electrons. The van der Waals surface area contributed by atoms with Crippen LogP contribution in [0, 0.1) is 11.8 Å². The van der Waals surface area contributed by atoms with Crippen molar-refractivity contribution in [2.75, 3.05) is 0 Å². The molecule has 4 nitrogen and oxygen atoms in total. The smallest absolute Gasteiger partial charge is 0.0936 e. The summed E-state index contributed by atoms with van der Waals surface area (Å²) < 4.78 is 1.03. The average Bonchev–Trinajstić information content (AvgIpc) is 2.54. The normalized spacial score (nSPS) is 19.5. The van der Waals surface area contributed by atoms with Gasteiger partial charge in [0.25, 0.3) is 0 Å². The van der Waals surface area contributed by atoms with Crippen LogP contribution in [-0.4, -0.2) is 21.1 Å². The van der Waals surface area contributed by atoms with Gasteiger partial charge in [0.15, 0.2) is 0 Å². The van der Waals surface area contributed by atoms with Crippen molar-refractivity contribution in [3.8, 4) is 11.3 Å². The van der Waals surface area contributed by atoms with Gasteiger partial charge in [0.2, 0.25) is 0 Å². The molecule has 0 bridgehead atoms. The highest BCUT2D eigenvalue weighted by molar-refractivity contribution is 9.10. The molecule has 5 heteroatoms. The lowest BCUT2D eigenvalue weighted by Gasteiger charge is -2.27. The first kappa shape index (κ1) is 15.2. The van der Waals surface area contributed by atoms with Crippen LogP contribution >= 0.6 is 15.9 Å². The van der Waals surface area contributed by atoms with Crippen molar-refractivity contribution in [2.24, 2.45) is 17.0 Å². The molecule has 22 heavy (non-hydrogen) atoms. The molecule has 0 aliphatic heterocycles. The van der Waals surface area contributed by atoms with Gasteiger partial charge in [0.1, 0.15) is 0 Å². The Morgan fingerprint density at radius 2 is 1.91 bits per heavy atom. The Hall–Kier alpha value is -1.75. The van der Waals surface area contributed by atoms with Crippen LogP contribution in [0.15, 0.2) is 40.0 Å². The minimum absolute atomic E-state index is 0.450. The zero-order valence-electron chi connectivity index (χ0n) is 12.6. The zero-order chi connectivity index (χ0) is 15.7. The lowest BCUT2D eigenvalue weighted by molar-refractivity contribution is 0.310. The van der Waals surface area contributed by atoms with E-state index in [-0.39, 0.29) is 0 Å². The van der Waals surface area contributed by atoms with Crippen molar-refractivity contribution < 1.29 is 5.21 Å². The molecule has 1 aliphatic rings. The van der Waals surface area contributed by atoms with E-state index < -0.39 is 0 Å². The Kier molecular flexibility index (Phi) is 4.25. The number of rotatable bonds is 2. The van der Waals surface area contributed by atoms with E-state index in [2.05, 4.69) is 45.1 Å². The minimum atomic E-state index is 0.450. The van der Waals surface area contributed by atoms with E-state index in [9.17, 15) is 5.21 Å². The predicted octanol–water partition coefficient (Wildman–Crippen LogP) is 4.30. The second kappa shape index (κ2) is 6.16. The molecule has 0 spiro atoms. The van der Waals surface area contributed by atoms with Gasteiger partial charge in [0.05, 0.1) is 17.1 Å². The highest BCUT2D eigenvalue weighted by atomic mass is 79.9. The fourth-order valence-corrected chi connectivity index (χ4v) is 3.09. The molecule has 0 amide bonds. The fourth-order valence-electron chi connectivity index (χ4n) is 2.82. The Morgan fingerprint density at radius 1 is 1.18 bits per heavy atom. The first-order chi connectivity index (χ1) is 10.6. The lowest BCUT2D eigenvalue weighted by atomic mass is 9.79. The average molecular weight is 360 g/mol. The summed E-state index contributed by atoms with van der Waals surface area (Å²) >= 11 is 3.43. The lowest BCUT2D eigenvalue weighted by Crippen LogP contribution is -2.26. The predicted molar refractivity (Wildman–Crippen MR) is 90.1 cm³/mol. The first-order valence-electron chi connectivity index (χ1n) is 7.42. The molecular formula is C17H18BrN3O. The van der Waals surface area contributed by atoms with Crippen LogP contribution in [0.4, 0.5) is 0 Å². The van der Waals surface area contributed by atoms with Gasteiger partial charge in [-0.3, -0.25) is 0 Å². The first-order valence-corrected chi connectivity index (χ1v) is 8.21. The van der Waals surface area contributed by atoms with E-state index >= 15 is 0 Å². The summed E-state index contributed by atoms with van der Waals surface area (Å²) in [6.07, 6.45) is 1.67. The highest BCUT2D eigenvalue weighted by Gasteiger charge is 2.28. The van der Waals surface area contributed by atoms with Crippen LogP contribution < -0.4 is 0 Å². The fraction of sp³-hybridized carbons (Fsp3) is 0.353. The van der Waals surface area contributed by atoms with Crippen LogP contribution in [0.3, 0.4) is 0 Å². The van der Waals surface area contributed by atoms with Gasteiger partial charge in [-0.2, -0.15) is 10.2 Å². The maximum absolute atomic E-state index is 9.37. The molecule has 1 heterocycles. The van der Waals surface area contributed by atoms with Crippen molar-refractivity contribution in [3.63, 3.8) is 0 Å². The van der Waals surface area contributed by atoms with Gasteiger partial charge >= 0.3 is 0 Å². The topological polar surface area (TPSA) is 58.4 Å². The summed E-state index contributed by atoms with van der Waals surface area (Å²) in [6.45, 7) is 4.38. The van der Waals surface area contributed by atoms with E-state index in [1.165, 1.54) is 0 Å². The number of fused-ring (bicyclic) bond motifs is 1. The maximum atomic E-state index is 9.37. The van der Waals surface area contributed by atoms with E-state index in [0.29, 0.717) is 17.5 Å². The summed E-state index contributed by atoms with van der Waals surface area (Å²) in [7, 11) is 0. The van der Waals surface area contributed by atoms with Crippen molar-refractivity contribution in [3.05, 3.63) is 46.1 Å². The van der Waals surface area contributed by atoms with Crippen molar-refractivity contribution in [1.82, 2.24) is 10.2 Å². The van der Waals surface area contributed by atoms with Gasteiger partial charge in [-0.1, -0.05) is 47.1 Å². The number of halogens is 1. The Labute approximate surface area is 138 Å². The third-order valence-corrected chi connectivity index (χ3v) is 4.82. The SMILES string of the molecule is CC(C)[C@@H]1C/C(=N/O)c2cc(-c3ccc(Br)cc3)nnc2C1. The molecule has 0 saturated heterocycles. The van der Waals surface area contributed by atoms with Crippen LogP contribution in [0.2, 0.25) is 0 Å². The van der Waals surface area contributed by atoms with Crippen molar-refractivity contribution in [2.45, 2.75) is 26.7 Å². The summed E-state index contributed by atoms with van der Waals surface area (Å²) in [5.74, 6) is 0.976. The molecule has 1 atom stereocenters. The Morgan fingerprint density at radius 3 is 2.55 bits per heavy atom. The molecule has 1 aliphatic carbocycles. The summed E-state index contributed by atoms with van der Waals surface area (Å²) in [5, 5.41) is 21.6. The molecule has 0 radical (unpaired) electrons. The quantitative estimate of drug-likeness (QED) is 0.642. The number of aromatic nitrogens is 2. The maximum Gasteiger partial charge on any atom is 0.0936 e. The second-order valence-electron chi connectivity index (χ2n) is 6.06. The van der Waals surface area contributed by atoms with E-state index in [0.717, 1.165) is 39.8 Å². The van der Waals surface area contributed by atoms with E-state index in [1.807, 2.05) is 30.3 Å². The summed E-state index contributed by atoms with van der Waals surface area (Å²) in [6, 6.07) is 9.93. The molecule has 2 aromatic rings. The van der Waals surface area contributed by atoms with E-state index in [4.69, 9.17) is 0 Å². The van der Waals surface area contributed by atoms with Gasteiger partial charge in [0, 0.05) is 15.6 Å². The molecule has 3 rings (SSSR count). The summed E-state index contributed by atoms with van der Waals surface area (Å²) in [4.78, 5) is 0. The van der Waals surface area contributed by atoms with Crippen molar-refractivity contribution in [1.29, 1.82) is 0 Å². The van der Waals surface area contributed by atoms with Crippen LogP contribution in [0.1, 0.15) is 31.5 Å². The third-order valence-electron chi connectivity index (χ3n) is 4.30. The molecule has 1 aromatic heterocycles. The number of nitrogens with zero attached hydrogens (tertiary/aromatic N) is 3. The van der Waals surface area contributed by atoms with Crippen molar-refractivity contribution >= 4 is 21.6 Å². The monoisotopic (exact) mass is 359 g/mol. The number of hydrogen-bond acceptors (Lipinski definition) is 4. The molecule has 1 N–H and O–H groups in total. The molecule has 0 unspecified atom stereocenters. The van der Waals surface area contributed by atoms with Crippen LogP contribution in [0.25, 0.3) is 11.3 Å². The number of benzene rings is 1. The zero-order valence-corrected chi connectivity index (χ0v) is 14.2. The van der Waals surface area contributed by atoms with Gasteiger partial charge in [-0.25, -0.2) is 0 Å². The van der Waals surface area contributed by atoms with Crippen LogP contribution in [-0.2, 0) is 6.42 Å². The molecule has 0 fully saturated rings. The number of hydrogen-bond donors (Lipinski definition) is 1. The molecular weight excluding hydrogens is 342 g/mol. The Bertz CT molecular complexity index is 710. The van der Waals surface area contributed by atoms with Gasteiger partial charge in [-0.15, -0.1) is 0 Å². The largest absolute Gasteiger partial charge is 0.411 e. The molecule has 0 saturated carbocycles. The standard InChI is InChI=1S/C17H18BrN3O/c1-10(2)12-7-16-14(17(8-12)21-22)9-15(19-20-16)11-3-5-13(18)6-4-11/h3-6,9-10,12,22H,7-8H2,1-2H3/b21-17-/t12-/m0/s1. The second-order valence-corrected chi connectivity index (χ2v) is 6.97. The molecule has 1 aromatic carbocycles.